The highest BCUT2D eigenvalue weighted by atomic mass is 16.5. The number of hydrogen-bond donors (Lipinski definition) is 1. The number of benzene rings is 1. The molecule has 0 unspecified atom stereocenters. The molecule has 1 aromatic carbocycles. The molecule has 4 aromatic rings. The summed E-state index contributed by atoms with van der Waals surface area (Å²) in [6.45, 7) is 2.24. The fourth-order valence-corrected chi connectivity index (χ4v) is 3.12. The number of methoxy groups -OCH3 is 1. The number of phenolic OH excluding ortho intramolecular Hbond substituents is 1. The highest BCUT2D eigenvalue weighted by Crippen LogP contribution is 2.32. The lowest BCUT2D eigenvalue weighted by atomic mass is 10.2. The normalized spacial score (nSPS) is 11.0. The van der Waals surface area contributed by atoms with Crippen LogP contribution in [0.5, 0.6) is 11.5 Å². The number of aryl methyl sites for hydroxylation is 2. The summed E-state index contributed by atoms with van der Waals surface area (Å²) < 4.78 is 14.4. The van der Waals surface area contributed by atoms with Crippen molar-refractivity contribution < 1.29 is 14.3 Å². The molecule has 29 heavy (non-hydrogen) atoms. The van der Waals surface area contributed by atoms with Crippen LogP contribution in [0.4, 0.5) is 0 Å². The molecule has 0 amide bonds. The van der Waals surface area contributed by atoms with Crippen LogP contribution in [0.25, 0.3) is 22.8 Å². The van der Waals surface area contributed by atoms with Crippen LogP contribution in [0.1, 0.15) is 11.5 Å². The summed E-state index contributed by atoms with van der Waals surface area (Å²) in [4.78, 5) is 21.4. The fraction of sp³-hybridized carbons (Fsp3) is 0.190. The Labute approximate surface area is 166 Å². The topological polar surface area (TPSA) is 95.3 Å². The van der Waals surface area contributed by atoms with Gasteiger partial charge in [0.25, 0.3) is 5.56 Å². The van der Waals surface area contributed by atoms with Gasteiger partial charge in [-0.3, -0.25) is 4.79 Å². The molecule has 8 heteroatoms. The molecule has 4 rings (SSSR count). The van der Waals surface area contributed by atoms with Crippen molar-refractivity contribution in [2.24, 2.45) is 7.05 Å². The van der Waals surface area contributed by atoms with Crippen molar-refractivity contribution in [3.8, 4) is 34.3 Å². The Morgan fingerprint density at radius 1 is 1.24 bits per heavy atom. The van der Waals surface area contributed by atoms with Gasteiger partial charge in [-0.15, -0.1) is 0 Å². The zero-order valence-corrected chi connectivity index (χ0v) is 16.3. The average molecular weight is 392 g/mol. The smallest absolute Gasteiger partial charge is 0.261 e. The minimum Gasteiger partial charge on any atom is -0.504 e. The van der Waals surface area contributed by atoms with Crippen molar-refractivity contribution in [3.05, 3.63) is 70.7 Å². The first-order chi connectivity index (χ1) is 14.0. The first kappa shape index (κ1) is 18.5. The van der Waals surface area contributed by atoms with Crippen LogP contribution in [0.2, 0.25) is 0 Å². The summed E-state index contributed by atoms with van der Waals surface area (Å²) in [5.74, 6) is 2.05. The van der Waals surface area contributed by atoms with E-state index in [2.05, 4.69) is 9.97 Å². The number of phenols is 1. The first-order valence-electron chi connectivity index (χ1n) is 8.98. The largest absolute Gasteiger partial charge is 0.504 e. The lowest BCUT2D eigenvalue weighted by molar-refractivity contribution is 0.373. The third kappa shape index (κ3) is 3.40. The van der Waals surface area contributed by atoms with Gasteiger partial charge in [0.1, 0.15) is 17.3 Å². The van der Waals surface area contributed by atoms with Gasteiger partial charge in [-0.2, -0.15) is 0 Å². The van der Waals surface area contributed by atoms with Gasteiger partial charge in [0.05, 0.1) is 19.2 Å². The highest BCUT2D eigenvalue weighted by Gasteiger charge is 2.17. The maximum Gasteiger partial charge on any atom is 0.261 e. The number of pyridine rings is 1. The van der Waals surface area contributed by atoms with E-state index >= 15 is 0 Å². The third-order valence-electron chi connectivity index (χ3n) is 4.72. The van der Waals surface area contributed by atoms with Crippen molar-refractivity contribution in [1.82, 2.24) is 19.1 Å². The van der Waals surface area contributed by atoms with E-state index in [0.717, 1.165) is 5.69 Å². The Hall–Kier alpha value is -3.81. The van der Waals surface area contributed by atoms with Crippen molar-refractivity contribution in [2.45, 2.75) is 13.5 Å². The van der Waals surface area contributed by atoms with Crippen LogP contribution in [0, 0.1) is 6.92 Å². The fourth-order valence-electron chi connectivity index (χ4n) is 3.12. The molecule has 0 atom stereocenters. The Bertz CT molecular complexity index is 1240. The zero-order chi connectivity index (χ0) is 20.5. The molecule has 1 N–H and O–H groups in total. The Balaban J connectivity index is 1.68. The van der Waals surface area contributed by atoms with Crippen LogP contribution in [-0.2, 0) is 13.6 Å². The number of nitrogens with zero attached hydrogens (tertiary/aromatic N) is 4. The van der Waals surface area contributed by atoms with Gasteiger partial charge in [0, 0.05) is 31.2 Å². The number of ether oxygens (including phenoxy) is 1. The predicted octanol–water partition coefficient (Wildman–Crippen LogP) is 2.97. The molecule has 0 aliphatic carbocycles. The van der Waals surface area contributed by atoms with E-state index in [-0.39, 0.29) is 11.3 Å². The van der Waals surface area contributed by atoms with E-state index in [1.54, 1.807) is 43.8 Å². The molecule has 0 aliphatic heterocycles. The van der Waals surface area contributed by atoms with E-state index in [1.165, 1.54) is 17.7 Å². The number of oxazole rings is 1. The maximum atomic E-state index is 12.5. The van der Waals surface area contributed by atoms with E-state index < -0.39 is 0 Å². The number of imidazole rings is 1. The molecule has 0 bridgehead atoms. The second-order valence-corrected chi connectivity index (χ2v) is 6.63. The predicted molar refractivity (Wildman–Crippen MR) is 107 cm³/mol. The molecule has 148 valence electrons. The monoisotopic (exact) mass is 392 g/mol. The van der Waals surface area contributed by atoms with Gasteiger partial charge in [-0.05, 0) is 37.3 Å². The second-order valence-electron chi connectivity index (χ2n) is 6.63. The molecular weight excluding hydrogens is 372 g/mol. The number of hydrogen-bond acceptors (Lipinski definition) is 6. The first-order valence-corrected chi connectivity index (χ1v) is 8.98. The van der Waals surface area contributed by atoms with Gasteiger partial charge in [0.2, 0.25) is 5.89 Å². The van der Waals surface area contributed by atoms with Crippen molar-refractivity contribution in [3.63, 3.8) is 0 Å². The van der Waals surface area contributed by atoms with Gasteiger partial charge < -0.3 is 23.4 Å². The summed E-state index contributed by atoms with van der Waals surface area (Å²) in [5, 5.41) is 9.78. The van der Waals surface area contributed by atoms with Crippen molar-refractivity contribution >= 4 is 0 Å². The quantitative estimate of drug-likeness (QED) is 0.561. The molecule has 3 aromatic heterocycles. The zero-order valence-electron chi connectivity index (χ0n) is 16.3. The minimum atomic E-state index is -0.117. The van der Waals surface area contributed by atoms with Crippen LogP contribution in [0.3, 0.4) is 0 Å². The van der Waals surface area contributed by atoms with E-state index in [9.17, 15) is 9.90 Å². The molecule has 3 heterocycles. The van der Waals surface area contributed by atoms with Gasteiger partial charge >= 0.3 is 0 Å². The molecule has 0 radical (unpaired) electrons. The van der Waals surface area contributed by atoms with Crippen LogP contribution >= 0.6 is 0 Å². The second kappa shape index (κ2) is 7.31. The maximum absolute atomic E-state index is 12.5. The highest BCUT2D eigenvalue weighted by molar-refractivity contribution is 5.60. The lowest BCUT2D eigenvalue weighted by Crippen LogP contribution is -2.19. The van der Waals surface area contributed by atoms with E-state index in [0.29, 0.717) is 40.9 Å². The standard InChI is InChI=1S/C21H20N4O4/c1-13-16(23-20(29-13)14-6-7-17(26)18(11-14)28-3)12-25-10-8-22-19(25)15-5-4-9-24(2)21(15)27/h4-11,26H,12H2,1-3H3. The van der Waals surface area contributed by atoms with E-state index in [1.807, 2.05) is 17.6 Å². The van der Waals surface area contributed by atoms with E-state index in [4.69, 9.17) is 9.15 Å². The summed E-state index contributed by atoms with van der Waals surface area (Å²) in [7, 11) is 3.19. The summed E-state index contributed by atoms with van der Waals surface area (Å²) in [5.41, 5.74) is 1.81. The average Bonchev–Trinajstić information content (AvgIpc) is 3.31. The molecule has 0 fully saturated rings. The number of rotatable bonds is 5. The summed E-state index contributed by atoms with van der Waals surface area (Å²) in [6, 6.07) is 8.48. The molecule has 0 aliphatic rings. The summed E-state index contributed by atoms with van der Waals surface area (Å²) in [6.07, 6.45) is 5.17. The molecular formula is C21H20N4O4. The molecule has 0 spiro atoms. The van der Waals surface area contributed by atoms with Crippen LogP contribution in [0.15, 0.2) is 58.1 Å². The lowest BCUT2D eigenvalue weighted by Gasteiger charge is -2.07. The van der Waals surface area contributed by atoms with Crippen LogP contribution in [-0.4, -0.2) is 31.3 Å². The number of aromatic nitrogens is 4. The number of aromatic hydroxyl groups is 1. The van der Waals surface area contributed by atoms with Crippen molar-refractivity contribution in [2.75, 3.05) is 7.11 Å². The minimum absolute atomic E-state index is 0.0484. The SMILES string of the molecule is COc1cc(-c2nc(Cn3ccnc3-c3cccn(C)c3=O)c(C)o2)ccc1O. The molecule has 0 saturated carbocycles. The Morgan fingerprint density at radius 3 is 2.86 bits per heavy atom. The summed E-state index contributed by atoms with van der Waals surface area (Å²) >= 11 is 0. The van der Waals surface area contributed by atoms with Crippen molar-refractivity contribution in [1.29, 1.82) is 0 Å². The Morgan fingerprint density at radius 2 is 2.07 bits per heavy atom. The molecule has 8 nitrogen and oxygen atoms in total. The van der Waals surface area contributed by atoms with Crippen LogP contribution < -0.4 is 10.3 Å². The van der Waals surface area contributed by atoms with Gasteiger partial charge in [-0.25, -0.2) is 9.97 Å². The van der Waals surface area contributed by atoms with Gasteiger partial charge in [-0.1, -0.05) is 0 Å². The molecule has 0 saturated heterocycles. The Kier molecular flexibility index (Phi) is 4.67. The van der Waals surface area contributed by atoms with Gasteiger partial charge in [0.15, 0.2) is 11.5 Å². The third-order valence-corrected chi connectivity index (χ3v) is 4.72.